The molecule has 2 aromatic carbocycles. The lowest BCUT2D eigenvalue weighted by molar-refractivity contribution is -0.385. The summed E-state index contributed by atoms with van der Waals surface area (Å²) in [5.74, 6) is -1.59. The van der Waals surface area contributed by atoms with Crippen molar-refractivity contribution in [3.8, 4) is 11.5 Å². The van der Waals surface area contributed by atoms with Crippen LogP contribution in [-0.2, 0) is 9.47 Å². The third-order valence-corrected chi connectivity index (χ3v) is 3.65. The average molecular weight is 445 g/mol. The highest BCUT2D eigenvalue weighted by molar-refractivity contribution is 5.96. The number of hydrogen-bond donors (Lipinski definition) is 3. The Balaban J connectivity index is 0. The van der Waals surface area contributed by atoms with Crippen LogP contribution in [0.1, 0.15) is 39.3 Å². The molecule has 0 unspecified atom stereocenters. The van der Waals surface area contributed by atoms with Crippen LogP contribution in [0.4, 0.5) is 11.4 Å². The zero-order valence-electron chi connectivity index (χ0n) is 16.1. The summed E-state index contributed by atoms with van der Waals surface area (Å²) in [7, 11) is 2.38. The minimum Gasteiger partial charge on any atom is -0.508 e. The number of rotatable bonds is 3. The number of anilines is 1. The van der Waals surface area contributed by atoms with E-state index in [9.17, 15) is 29.9 Å². The van der Waals surface area contributed by atoms with Crippen LogP contribution >= 0.6 is 12.4 Å². The molecular weight excluding hydrogens is 420 g/mol. The standard InChI is InChI=1S/C9H9NO5.C9H11NO3.CH4.ClH/c1-5-3-6(11)4-7(9(12)15-2)8(5)10(13)14;1-5-3-6(11)4-7(8(5)10)9(12)13-2;;/h3-4,11H,1-2H3;3-4,11H,10H2,1-2H3;1H4;1H. The summed E-state index contributed by atoms with van der Waals surface area (Å²) in [5.41, 5.74) is 6.41. The molecule has 2 aromatic rings. The van der Waals surface area contributed by atoms with Gasteiger partial charge in [-0.3, -0.25) is 10.1 Å². The Hall–Kier alpha value is -3.53. The van der Waals surface area contributed by atoms with Gasteiger partial charge in [0.1, 0.15) is 17.1 Å². The van der Waals surface area contributed by atoms with Crippen molar-refractivity contribution >= 4 is 35.7 Å². The van der Waals surface area contributed by atoms with Gasteiger partial charge in [-0.2, -0.15) is 0 Å². The van der Waals surface area contributed by atoms with Crippen LogP contribution in [0.25, 0.3) is 0 Å². The summed E-state index contributed by atoms with van der Waals surface area (Å²) in [6, 6.07) is 5.00. The predicted octanol–water partition coefficient (Wildman–Crippen LogP) is 3.52. The Bertz CT molecular complexity index is 931. The topological polar surface area (TPSA) is 162 Å². The van der Waals surface area contributed by atoms with Crippen molar-refractivity contribution in [3.05, 3.63) is 56.6 Å². The molecule has 10 nitrogen and oxygen atoms in total. The molecule has 0 aliphatic rings. The number of methoxy groups -OCH3 is 2. The minimum absolute atomic E-state index is 0. The predicted molar refractivity (Wildman–Crippen MR) is 113 cm³/mol. The van der Waals surface area contributed by atoms with E-state index in [0.29, 0.717) is 11.3 Å². The number of benzene rings is 2. The number of nitrogens with zero attached hydrogens (tertiary/aromatic N) is 1. The fourth-order valence-electron chi connectivity index (χ4n) is 2.33. The van der Waals surface area contributed by atoms with Gasteiger partial charge in [-0.1, -0.05) is 7.43 Å². The average Bonchev–Trinajstić information content (AvgIpc) is 2.62. The zero-order valence-corrected chi connectivity index (χ0v) is 16.9. The Morgan fingerprint density at radius 1 is 0.933 bits per heavy atom. The number of ether oxygens (including phenoxy) is 2. The van der Waals surface area contributed by atoms with Gasteiger partial charge in [0.25, 0.3) is 5.69 Å². The number of esters is 2. The van der Waals surface area contributed by atoms with E-state index in [4.69, 9.17) is 5.73 Å². The highest BCUT2D eigenvalue weighted by atomic mass is 35.5. The number of nitrogens with two attached hydrogens (primary N) is 1. The van der Waals surface area contributed by atoms with Crippen molar-refractivity contribution in [2.24, 2.45) is 0 Å². The zero-order chi connectivity index (χ0) is 21.6. The first-order chi connectivity index (χ1) is 13.0. The molecule has 2 rings (SSSR count). The van der Waals surface area contributed by atoms with Gasteiger partial charge >= 0.3 is 11.9 Å². The van der Waals surface area contributed by atoms with E-state index in [0.717, 1.165) is 13.2 Å². The Labute approximate surface area is 179 Å². The van der Waals surface area contributed by atoms with Gasteiger partial charge in [0.2, 0.25) is 0 Å². The number of phenols is 2. The molecule has 166 valence electrons. The van der Waals surface area contributed by atoms with Gasteiger partial charge in [-0.05, 0) is 37.6 Å². The van der Waals surface area contributed by atoms with Crippen LogP contribution in [0.15, 0.2) is 24.3 Å². The number of nitro groups is 1. The van der Waals surface area contributed by atoms with Gasteiger partial charge < -0.3 is 25.4 Å². The first-order valence-electron chi connectivity index (χ1n) is 7.77. The SMILES string of the molecule is C.COC(=O)c1cc(O)cc(C)c1N.COC(=O)c1cc(O)cc(C)c1[N+](=O)[O-].Cl. The second-order valence-corrected chi connectivity index (χ2v) is 5.62. The molecule has 0 aromatic heterocycles. The lowest BCUT2D eigenvalue weighted by atomic mass is 10.1. The molecule has 0 saturated carbocycles. The monoisotopic (exact) mass is 444 g/mol. The van der Waals surface area contributed by atoms with Crippen molar-refractivity contribution in [3.63, 3.8) is 0 Å². The number of carbonyl (C=O) groups excluding carboxylic acids is 2. The third-order valence-electron chi connectivity index (χ3n) is 3.65. The molecule has 30 heavy (non-hydrogen) atoms. The van der Waals surface area contributed by atoms with E-state index in [1.807, 2.05) is 0 Å². The molecule has 0 heterocycles. The second-order valence-electron chi connectivity index (χ2n) is 5.62. The Morgan fingerprint density at radius 3 is 1.77 bits per heavy atom. The van der Waals surface area contributed by atoms with Crippen LogP contribution in [-0.4, -0.2) is 41.3 Å². The number of carbonyl (C=O) groups is 2. The van der Waals surface area contributed by atoms with Crippen molar-refractivity contribution < 1.29 is 34.2 Å². The highest BCUT2D eigenvalue weighted by Crippen LogP contribution is 2.28. The van der Waals surface area contributed by atoms with E-state index in [-0.39, 0.29) is 53.7 Å². The van der Waals surface area contributed by atoms with E-state index >= 15 is 0 Å². The van der Waals surface area contributed by atoms with Crippen LogP contribution in [0.5, 0.6) is 11.5 Å². The molecule has 0 radical (unpaired) electrons. The van der Waals surface area contributed by atoms with Gasteiger partial charge in [0.05, 0.1) is 24.7 Å². The molecule has 0 amide bonds. The summed E-state index contributed by atoms with van der Waals surface area (Å²) < 4.78 is 8.88. The maximum Gasteiger partial charge on any atom is 0.345 e. The Kier molecular flexibility index (Phi) is 11.6. The van der Waals surface area contributed by atoms with Crippen LogP contribution in [0, 0.1) is 24.0 Å². The molecule has 4 N–H and O–H groups in total. The quantitative estimate of drug-likeness (QED) is 0.211. The van der Waals surface area contributed by atoms with E-state index in [1.165, 1.54) is 32.2 Å². The van der Waals surface area contributed by atoms with E-state index < -0.39 is 16.9 Å². The summed E-state index contributed by atoms with van der Waals surface area (Å²) in [6.45, 7) is 3.14. The van der Waals surface area contributed by atoms with Crippen molar-refractivity contribution in [1.29, 1.82) is 0 Å². The summed E-state index contributed by atoms with van der Waals surface area (Å²) >= 11 is 0. The molecule has 0 saturated heterocycles. The maximum absolute atomic E-state index is 11.2. The first kappa shape index (κ1) is 28.7. The number of nitrogen functional groups attached to an aromatic ring is 1. The molecule has 0 fully saturated rings. The number of phenolic OH excluding ortho intramolecular Hbond substituents is 2. The van der Waals surface area contributed by atoms with Crippen molar-refractivity contribution in [2.75, 3.05) is 20.0 Å². The summed E-state index contributed by atoms with van der Waals surface area (Å²) in [4.78, 5) is 32.3. The second kappa shape index (κ2) is 12.1. The number of aromatic hydroxyl groups is 2. The van der Waals surface area contributed by atoms with E-state index in [2.05, 4.69) is 9.47 Å². The fraction of sp³-hybridized carbons (Fsp3) is 0.263. The van der Waals surface area contributed by atoms with Gasteiger partial charge in [0.15, 0.2) is 0 Å². The Morgan fingerprint density at radius 2 is 1.33 bits per heavy atom. The van der Waals surface area contributed by atoms with Crippen LogP contribution < -0.4 is 5.73 Å². The molecule has 0 spiro atoms. The lowest BCUT2D eigenvalue weighted by Gasteiger charge is -2.06. The maximum atomic E-state index is 11.2. The lowest BCUT2D eigenvalue weighted by Crippen LogP contribution is -2.06. The fourth-order valence-corrected chi connectivity index (χ4v) is 2.33. The minimum atomic E-state index is -0.847. The summed E-state index contributed by atoms with van der Waals surface area (Å²) in [6.07, 6.45) is 0. The third kappa shape index (κ3) is 6.82. The largest absolute Gasteiger partial charge is 0.508 e. The van der Waals surface area contributed by atoms with Crippen LogP contribution in [0.3, 0.4) is 0 Å². The van der Waals surface area contributed by atoms with E-state index in [1.54, 1.807) is 6.92 Å². The number of nitro benzene ring substituents is 1. The molecule has 0 aliphatic carbocycles. The molecule has 0 bridgehead atoms. The van der Waals surface area contributed by atoms with Crippen LogP contribution in [0.2, 0.25) is 0 Å². The smallest absolute Gasteiger partial charge is 0.345 e. The normalized spacial score (nSPS) is 9.07. The number of halogens is 1. The molecule has 0 aliphatic heterocycles. The molecule has 11 heteroatoms. The summed E-state index contributed by atoms with van der Waals surface area (Å²) in [5, 5.41) is 29.1. The van der Waals surface area contributed by atoms with Crippen molar-refractivity contribution in [2.45, 2.75) is 21.3 Å². The highest BCUT2D eigenvalue weighted by Gasteiger charge is 2.24. The van der Waals surface area contributed by atoms with Gasteiger partial charge in [-0.25, -0.2) is 9.59 Å². The molecule has 0 atom stereocenters. The number of aryl methyl sites for hydroxylation is 2. The van der Waals surface area contributed by atoms with Gasteiger partial charge in [0, 0.05) is 17.3 Å². The molecular formula is C19H25ClN2O8. The number of hydrogen-bond acceptors (Lipinski definition) is 9. The van der Waals surface area contributed by atoms with Gasteiger partial charge in [-0.15, -0.1) is 12.4 Å². The first-order valence-corrected chi connectivity index (χ1v) is 7.77. The van der Waals surface area contributed by atoms with Crippen molar-refractivity contribution in [1.82, 2.24) is 0 Å².